The molecule has 1 aromatic carbocycles. The summed E-state index contributed by atoms with van der Waals surface area (Å²) in [7, 11) is 0. The van der Waals surface area contributed by atoms with E-state index in [-0.39, 0.29) is 0 Å². The van der Waals surface area contributed by atoms with Gasteiger partial charge < -0.3 is 4.98 Å². The fourth-order valence-electron chi connectivity index (χ4n) is 1.74. The Kier molecular flexibility index (Phi) is 2.56. The van der Waals surface area contributed by atoms with Crippen molar-refractivity contribution in [1.29, 1.82) is 0 Å². The molecule has 0 atom stereocenters. The SMILES string of the molecule is Cc1nnsc1-c1nc2ccc(C(F)(F)F)cc2[nH]1. The van der Waals surface area contributed by atoms with Crippen molar-refractivity contribution in [3.8, 4) is 10.7 Å². The summed E-state index contributed by atoms with van der Waals surface area (Å²) < 4.78 is 41.6. The van der Waals surface area contributed by atoms with Crippen molar-refractivity contribution in [2.24, 2.45) is 0 Å². The van der Waals surface area contributed by atoms with Gasteiger partial charge in [0.25, 0.3) is 0 Å². The van der Waals surface area contributed by atoms with E-state index in [9.17, 15) is 13.2 Å². The third kappa shape index (κ3) is 2.07. The maximum Gasteiger partial charge on any atom is 0.416 e. The third-order valence-electron chi connectivity index (χ3n) is 2.68. The Morgan fingerprint density at radius 1 is 1.26 bits per heavy atom. The predicted octanol–water partition coefficient (Wildman–Crippen LogP) is 3.41. The lowest BCUT2D eigenvalue weighted by Gasteiger charge is -2.05. The minimum atomic E-state index is -4.36. The average molecular weight is 284 g/mol. The quantitative estimate of drug-likeness (QED) is 0.745. The van der Waals surface area contributed by atoms with Gasteiger partial charge in [0.1, 0.15) is 4.88 Å². The van der Waals surface area contributed by atoms with E-state index in [0.717, 1.165) is 28.5 Å². The maximum atomic E-state index is 12.6. The molecule has 19 heavy (non-hydrogen) atoms. The molecule has 0 spiro atoms. The molecule has 98 valence electrons. The Hall–Kier alpha value is -1.96. The van der Waals surface area contributed by atoms with Gasteiger partial charge in [0.2, 0.25) is 0 Å². The Balaban J connectivity index is 2.14. The zero-order valence-electron chi connectivity index (χ0n) is 9.62. The van der Waals surface area contributed by atoms with Gasteiger partial charge in [0.15, 0.2) is 5.82 Å². The molecule has 4 nitrogen and oxygen atoms in total. The van der Waals surface area contributed by atoms with Crippen molar-refractivity contribution in [3.05, 3.63) is 29.5 Å². The summed E-state index contributed by atoms with van der Waals surface area (Å²) in [6.07, 6.45) is -4.36. The molecular weight excluding hydrogens is 277 g/mol. The molecule has 0 aliphatic rings. The van der Waals surface area contributed by atoms with Gasteiger partial charge in [0.05, 0.1) is 22.3 Å². The number of imidazole rings is 1. The highest BCUT2D eigenvalue weighted by molar-refractivity contribution is 7.09. The molecule has 0 aliphatic heterocycles. The maximum absolute atomic E-state index is 12.6. The number of aromatic nitrogens is 4. The molecule has 0 saturated carbocycles. The number of aryl methyl sites for hydroxylation is 1. The number of rotatable bonds is 1. The first-order valence-corrected chi connectivity index (χ1v) is 6.09. The van der Waals surface area contributed by atoms with Crippen LogP contribution >= 0.6 is 11.5 Å². The molecular formula is C11H7F3N4S. The van der Waals surface area contributed by atoms with Gasteiger partial charge in [-0.1, -0.05) is 4.49 Å². The zero-order chi connectivity index (χ0) is 13.6. The number of nitrogens with one attached hydrogen (secondary N) is 1. The predicted molar refractivity (Wildman–Crippen MR) is 64.7 cm³/mol. The van der Waals surface area contributed by atoms with E-state index in [1.807, 2.05) is 0 Å². The van der Waals surface area contributed by atoms with E-state index in [1.54, 1.807) is 6.92 Å². The zero-order valence-corrected chi connectivity index (χ0v) is 10.4. The second-order valence-electron chi connectivity index (χ2n) is 4.00. The number of H-pyrrole nitrogens is 1. The molecule has 0 amide bonds. The summed E-state index contributed by atoms with van der Waals surface area (Å²) in [5.74, 6) is 0.488. The van der Waals surface area contributed by atoms with Crippen LogP contribution in [0.1, 0.15) is 11.3 Å². The highest BCUT2D eigenvalue weighted by Gasteiger charge is 2.30. The Labute approximate surface area is 109 Å². The highest BCUT2D eigenvalue weighted by Crippen LogP contribution is 2.32. The standard InChI is InChI=1S/C11H7F3N4S/c1-5-9(19-18-17-5)10-15-7-3-2-6(11(12,13)14)4-8(7)16-10/h2-4H,1H3,(H,15,16). The monoisotopic (exact) mass is 284 g/mol. The second kappa shape index (κ2) is 4.02. The molecule has 3 rings (SSSR count). The van der Waals surface area contributed by atoms with Gasteiger partial charge in [-0.25, -0.2) is 4.98 Å². The van der Waals surface area contributed by atoms with Crippen LogP contribution in [0.15, 0.2) is 18.2 Å². The van der Waals surface area contributed by atoms with E-state index < -0.39 is 11.7 Å². The first kappa shape index (κ1) is 12.1. The van der Waals surface area contributed by atoms with Crippen molar-refractivity contribution in [1.82, 2.24) is 19.6 Å². The van der Waals surface area contributed by atoms with Crippen LogP contribution in [0.3, 0.4) is 0 Å². The second-order valence-corrected chi connectivity index (χ2v) is 4.76. The van der Waals surface area contributed by atoms with Gasteiger partial charge in [-0.2, -0.15) is 13.2 Å². The number of hydrogen-bond donors (Lipinski definition) is 1. The number of benzene rings is 1. The van der Waals surface area contributed by atoms with Crippen molar-refractivity contribution in [2.75, 3.05) is 0 Å². The van der Waals surface area contributed by atoms with Crippen LogP contribution in [-0.2, 0) is 6.18 Å². The molecule has 0 aliphatic carbocycles. The van der Waals surface area contributed by atoms with E-state index in [0.29, 0.717) is 22.6 Å². The largest absolute Gasteiger partial charge is 0.416 e. The molecule has 0 bridgehead atoms. The summed E-state index contributed by atoms with van der Waals surface area (Å²) >= 11 is 1.15. The van der Waals surface area contributed by atoms with E-state index in [1.165, 1.54) is 6.07 Å². The van der Waals surface area contributed by atoms with E-state index in [2.05, 4.69) is 19.6 Å². The average Bonchev–Trinajstić information content (AvgIpc) is 2.91. The van der Waals surface area contributed by atoms with Crippen molar-refractivity contribution >= 4 is 22.6 Å². The fourth-order valence-corrected chi connectivity index (χ4v) is 2.34. The van der Waals surface area contributed by atoms with Crippen LogP contribution in [0.25, 0.3) is 21.7 Å². The lowest BCUT2D eigenvalue weighted by molar-refractivity contribution is -0.137. The molecule has 8 heteroatoms. The molecule has 2 aromatic heterocycles. The van der Waals surface area contributed by atoms with Gasteiger partial charge >= 0.3 is 6.18 Å². The smallest absolute Gasteiger partial charge is 0.337 e. The molecule has 3 aromatic rings. The third-order valence-corrected chi connectivity index (χ3v) is 3.51. The Bertz CT molecular complexity index is 744. The molecule has 0 radical (unpaired) electrons. The summed E-state index contributed by atoms with van der Waals surface area (Å²) in [4.78, 5) is 7.84. The summed E-state index contributed by atoms with van der Waals surface area (Å²) in [5.41, 5.74) is 0.822. The minimum absolute atomic E-state index is 0.345. The van der Waals surface area contributed by atoms with Crippen LogP contribution < -0.4 is 0 Å². The summed E-state index contributed by atoms with van der Waals surface area (Å²) in [6.45, 7) is 1.77. The van der Waals surface area contributed by atoms with Crippen molar-refractivity contribution < 1.29 is 13.2 Å². The van der Waals surface area contributed by atoms with Gasteiger partial charge in [-0.05, 0) is 36.7 Å². The summed E-state index contributed by atoms with van der Waals surface area (Å²) in [5, 5.41) is 3.85. The van der Waals surface area contributed by atoms with Crippen LogP contribution in [0.2, 0.25) is 0 Å². The molecule has 0 fully saturated rings. The summed E-state index contributed by atoms with van der Waals surface area (Å²) in [6, 6.07) is 3.42. The van der Waals surface area contributed by atoms with Gasteiger partial charge in [0, 0.05) is 0 Å². The lowest BCUT2D eigenvalue weighted by atomic mass is 10.2. The highest BCUT2D eigenvalue weighted by atomic mass is 32.1. The number of fused-ring (bicyclic) bond motifs is 1. The van der Waals surface area contributed by atoms with Crippen LogP contribution in [0.5, 0.6) is 0 Å². The number of nitrogens with zero attached hydrogens (tertiary/aromatic N) is 3. The van der Waals surface area contributed by atoms with E-state index in [4.69, 9.17) is 0 Å². The Morgan fingerprint density at radius 3 is 2.68 bits per heavy atom. The molecule has 0 saturated heterocycles. The number of halogens is 3. The topological polar surface area (TPSA) is 54.5 Å². The number of hydrogen-bond acceptors (Lipinski definition) is 4. The Morgan fingerprint density at radius 2 is 2.05 bits per heavy atom. The number of aromatic amines is 1. The van der Waals surface area contributed by atoms with Gasteiger partial charge in [-0.15, -0.1) is 5.10 Å². The lowest BCUT2D eigenvalue weighted by Crippen LogP contribution is -2.04. The van der Waals surface area contributed by atoms with Crippen LogP contribution in [-0.4, -0.2) is 19.6 Å². The first-order valence-electron chi connectivity index (χ1n) is 5.31. The molecule has 0 unspecified atom stereocenters. The van der Waals surface area contributed by atoms with Crippen molar-refractivity contribution in [3.63, 3.8) is 0 Å². The molecule has 2 heterocycles. The normalized spacial score (nSPS) is 12.2. The number of alkyl halides is 3. The fraction of sp³-hybridized carbons (Fsp3) is 0.182. The van der Waals surface area contributed by atoms with Crippen molar-refractivity contribution in [2.45, 2.75) is 13.1 Å². The minimum Gasteiger partial charge on any atom is -0.337 e. The van der Waals surface area contributed by atoms with Gasteiger partial charge in [-0.3, -0.25) is 0 Å². The van der Waals surface area contributed by atoms with E-state index >= 15 is 0 Å². The van der Waals surface area contributed by atoms with Crippen LogP contribution in [0, 0.1) is 6.92 Å². The van der Waals surface area contributed by atoms with Crippen LogP contribution in [0.4, 0.5) is 13.2 Å². The first-order chi connectivity index (χ1) is 8.95. The molecule has 1 N–H and O–H groups in total.